The van der Waals surface area contributed by atoms with Gasteiger partial charge in [-0.2, -0.15) is 0 Å². The van der Waals surface area contributed by atoms with Crippen LogP contribution < -0.4 is 10.1 Å². The minimum Gasteiger partial charge on any atom is -0.497 e. The van der Waals surface area contributed by atoms with Gasteiger partial charge < -0.3 is 15.2 Å². The average molecular weight is 357 g/mol. The predicted octanol–water partition coefficient (Wildman–Crippen LogP) is 4.26. The van der Waals surface area contributed by atoms with Crippen LogP contribution in [-0.4, -0.2) is 18.8 Å². The van der Waals surface area contributed by atoms with E-state index in [0.717, 1.165) is 21.5 Å². The Labute approximate surface area is 131 Å². The first-order chi connectivity index (χ1) is 9.61. The number of halogens is 2. The normalized spacial score (nSPS) is 12.0. The summed E-state index contributed by atoms with van der Waals surface area (Å²) in [5.74, 6) is 0.770. The van der Waals surface area contributed by atoms with Crippen LogP contribution in [0.4, 0.5) is 5.69 Å². The molecule has 0 aliphatic rings. The van der Waals surface area contributed by atoms with Gasteiger partial charge in [0.25, 0.3) is 0 Å². The molecular formula is C15H15BrClNO2. The topological polar surface area (TPSA) is 41.5 Å². The molecule has 2 rings (SSSR count). The Morgan fingerprint density at radius 2 is 1.95 bits per heavy atom. The van der Waals surface area contributed by atoms with E-state index in [1.54, 1.807) is 13.2 Å². The molecule has 0 radical (unpaired) electrons. The number of benzene rings is 2. The van der Waals surface area contributed by atoms with Gasteiger partial charge in [-0.15, -0.1) is 0 Å². The van der Waals surface area contributed by atoms with Gasteiger partial charge in [-0.1, -0.05) is 29.8 Å². The highest BCUT2D eigenvalue weighted by atomic mass is 79.9. The molecule has 2 N–H and O–H groups in total. The van der Waals surface area contributed by atoms with Gasteiger partial charge in [0, 0.05) is 6.54 Å². The molecule has 2 aromatic rings. The summed E-state index contributed by atoms with van der Waals surface area (Å²) in [7, 11) is 1.61. The Bertz CT molecular complexity index is 575. The first-order valence-corrected chi connectivity index (χ1v) is 7.29. The van der Waals surface area contributed by atoms with Gasteiger partial charge in [0.15, 0.2) is 0 Å². The van der Waals surface area contributed by atoms with Crippen LogP contribution in [0.3, 0.4) is 0 Å². The highest BCUT2D eigenvalue weighted by Crippen LogP contribution is 2.30. The van der Waals surface area contributed by atoms with E-state index in [0.29, 0.717) is 11.6 Å². The monoisotopic (exact) mass is 355 g/mol. The Morgan fingerprint density at radius 3 is 2.60 bits per heavy atom. The van der Waals surface area contributed by atoms with Crippen LogP contribution in [0.1, 0.15) is 11.7 Å². The van der Waals surface area contributed by atoms with Gasteiger partial charge in [0.05, 0.1) is 28.4 Å². The van der Waals surface area contributed by atoms with E-state index in [-0.39, 0.29) is 0 Å². The van der Waals surface area contributed by atoms with Gasteiger partial charge in [-0.05, 0) is 45.8 Å². The fourth-order valence-corrected chi connectivity index (χ4v) is 2.37. The van der Waals surface area contributed by atoms with E-state index in [9.17, 15) is 5.11 Å². The quantitative estimate of drug-likeness (QED) is 0.841. The van der Waals surface area contributed by atoms with Crippen molar-refractivity contribution in [2.75, 3.05) is 19.0 Å². The maximum absolute atomic E-state index is 10.2. The van der Waals surface area contributed by atoms with E-state index in [1.807, 2.05) is 36.4 Å². The summed E-state index contributed by atoms with van der Waals surface area (Å²) in [5.41, 5.74) is 1.68. The van der Waals surface area contributed by atoms with E-state index >= 15 is 0 Å². The van der Waals surface area contributed by atoms with Gasteiger partial charge in [0.2, 0.25) is 0 Å². The summed E-state index contributed by atoms with van der Waals surface area (Å²) in [6.07, 6.45) is -0.605. The second-order valence-electron chi connectivity index (χ2n) is 4.27. The lowest BCUT2D eigenvalue weighted by Crippen LogP contribution is -2.12. The third kappa shape index (κ3) is 3.66. The van der Waals surface area contributed by atoms with E-state index in [1.165, 1.54) is 0 Å². The Kier molecular flexibility index (Phi) is 5.29. The van der Waals surface area contributed by atoms with Crippen molar-refractivity contribution in [1.29, 1.82) is 0 Å². The van der Waals surface area contributed by atoms with E-state index in [2.05, 4.69) is 21.2 Å². The summed E-state index contributed by atoms with van der Waals surface area (Å²) in [6, 6.07) is 12.9. The molecule has 0 aliphatic heterocycles. The summed E-state index contributed by atoms with van der Waals surface area (Å²) in [5, 5.41) is 14.0. The second-order valence-corrected chi connectivity index (χ2v) is 5.47. The molecule has 0 fully saturated rings. The molecule has 0 bridgehead atoms. The predicted molar refractivity (Wildman–Crippen MR) is 85.6 cm³/mol. The van der Waals surface area contributed by atoms with Gasteiger partial charge in [-0.25, -0.2) is 0 Å². The van der Waals surface area contributed by atoms with Crippen molar-refractivity contribution in [3.8, 4) is 5.75 Å². The molecule has 1 atom stereocenters. The Balaban J connectivity index is 2.00. The molecule has 0 aliphatic carbocycles. The van der Waals surface area contributed by atoms with Gasteiger partial charge in [-0.3, -0.25) is 0 Å². The van der Waals surface area contributed by atoms with Crippen LogP contribution in [-0.2, 0) is 0 Å². The lowest BCUT2D eigenvalue weighted by molar-refractivity contribution is 0.191. The molecule has 0 saturated carbocycles. The SMILES string of the molecule is COc1ccc(C(O)CNc2cccc(Cl)c2Br)cc1. The molecule has 0 amide bonds. The smallest absolute Gasteiger partial charge is 0.118 e. The first-order valence-electron chi connectivity index (χ1n) is 6.11. The molecule has 2 aromatic carbocycles. The number of hydrogen-bond acceptors (Lipinski definition) is 3. The minimum atomic E-state index is -0.605. The van der Waals surface area contributed by atoms with Crippen LogP contribution in [0.15, 0.2) is 46.9 Å². The zero-order valence-electron chi connectivity index (χ0n) is 10.9. The summed E-state index contributed by atoms with van der Waals surface area (Å²) < 4.78 is 5.88. The third-order valence-corrected chi connectivity index (χ3v) is 4.34. The lowest BCUT2D eigenvalue weighted by Gasteiger charge is -2.15. The number of methoxy groups -OCH3 is 1. The molecular weight excluding hydrogens is 342 g/mol. The molecule has 0 saturated heterocycles. The fraction of sp³-hybridized carbons (Fsp3) is 0.200. The van der Waals surface area contributed by atoms with Crippen molar-refractivity contribution in [3.05, 3.63) is 57.5 Å². The van der Waals surface area contributed by atoms with E-state index in [4.69, 9.17) is 16.3 Å². The van der Waals surface area contributed by atoms with Gasteiger partial charge >= 0.3 is 0 Å². The zero-order chi connectivity index (χ0) is 14.5. The highest BCUT2D eigenvalue weighted by molar-refractivity contribution is 9.10. The minimum absolute atomic E-state index is 0.394. The summed E-state index contributed by atoms with van der Waals surface area (Å²) >= 11 is 9.43. The number of rotatable bonds is 5. The molecule has 0 aromatic heterocycles. The number of hydrogen-bond donors (Lipinski definition) is 2. The van der Waals surface area contributed by atoms with Crippen LogP contribution >= 0.6 is 27.5 Å². The molecule has 3 nitrogen and oxygen atoms in total. The number of aliphatic hydroxyl groups is 1. The molecule has 20 heavy (non-hydrogen) atoms. The molecule has 0 spiro atoms. The maximum Gasteiger partial charge on any atom is 0.118 e. The summed E-state index contributed by atoms with van der Waals surface area (Å²) in [4.78, 5) is 0. The molecule has 106 valence electrons. The zero-order valence-corrected chi connectivity index (χ0v) is 13.3. The van der Waals surface area contributed by atoms with Crippen molar-refractivity contribution < 1.29 is 9.84 Å². The highest BCUT2D eigenvalue weighted by Gasteiger charge is 2.09. The van der Waals surface area contributed by atoms with Crippen molar-refractivity contribution >= 4 is 33.2 Å². The molecule has 0 heterocycles. The fourth-order valence-electron chi connectivity index (χ4n) is 1.79. The van der Waals surface area contributed by atoms with Gasteiger partial charge in [0.1, 0.15) is 5.75 Å². The number of anilines is 1. The number of ether oxygens (including phenoxy) is 1. The van der Waals surface area contributed by atoms with Crippen LogP contribution in [0.25, 0.3) is 0 Å². The van der Waals surface area contributed by atoms with E-state index < -0.39 is 6.10 Å². The maximum atomic E-state index is 10.2. The van der Waals surface area contributed by atoms with Crippen molar-refractivity contribution in [3.63, 3.8) is 0 Å². The Morgan fingerprint density at radius 1 is 1.25 bits per heavy atom. The number of aliphatic hydroxyl groups excluding tert-OH is 1. The lowest BCUT2D eigenvalue weighted by atomic mass is 10.1. The van der Waals surface area contributed by atoms with Crippen LogP contribution in [0, 0.1) is 0 Å². The largest absolute Gasteiger partial charge is 0.497 e. The van der Waals surface area contributed by atoms with Crippen molar-refractivity contribution in [2.24, 2.45) is 0 Å². The third-order valence-electron chi connectivity index (χ3n) is 2.94. The molecule has 5 heteroatoms. The molecule has 1 unspecified atom stereocenters. The summed E-state index contributed by atoms with van der Waals surface area (Å²) in [6.45, 7) is 0.394. The number of nitrogens with one attached hydrogen (secondary N) is 1. The standard InChI is InChI=1S/C15H15BrClNO2/c1-20-11-7-5-10(6-8-11)14(19)9-18-13-4-2-3-12(17)15(13)16/h2-8,14,18-19H,9H2,1H3. The van der Waals surface area contributed by atoms with Crippen LogP contribution in [0.5, 0.6) is 5.75 Å². The second kappa shape index (κ2) is 6.97. The van der Waals surface area contributed by atoms with Crippen LogP contribution in [0.2, 0.25) is 5.02 Å². The Hall–Kier alpha value is -1.23. The van der Waals surface area contributed by atoms with Crippen molar-refractivity contribution in [2.45, 2.75) is 6.10 Å². The van der Waals surface area contributed by atoms with Crippen molar-refractivity contribution in [1.82, 2.24) is 0 Å². The average Bonchev–Trinajstić information content (AvgIpc) is 2.48. The first kappa shape index (κ1) is 15.2.